The first-order valence-corrected chi connectivity index (χ1v) is 9.14. The first-order valence-electron chi connectivity index (χ1n) is 8.26. The van der Waals surface area contributed by atoms with E-state index in [0.29, 0.717) is 12.2 Å². The summed E-state index contributed by atoms with van der Waals surface area (Å²) < 4.78 is 14.5. The maximum Gasteiger partial charge on any atom is 0.278 e. The first kappa shape index (κ1) is 16.8. The highest BCUT2D eigenvalue weighted by Crippen LogP contribution is 2.50. The molecule has 134 valence electrons. The molecule has 1 aliphatic heterocycles. The largest absolute Gasteiger partial charge is 0.504 e. The minimum atomic E-state index is -0.358. The molecule has 0 aliphatic carbocycles. The molecule has 2 aromatic heterocycles. The van der Waals surface area contributed by atoms with Crippen LogP contribution in [-0.4, -0.2) is 32.2 Å². The van der Waals surface area contributed by atoms with Gasteiger partial charge in [0.1, 0.15) is 5.82 Å². The number of thiophene rings is 1. The fourth-order valence-corrected chi connectivity index (χ4v) is 4.53. The molecule has 3 aromatic rings. The summed E-state index contributed by atoms with van der Waals surface area (Å²) in [5.41, 5.74) is 0.543. The molecule has 0 bridgehead atoms. The molecular weight excluding hydrogens is 353 g/mol. The number of likely N-dealkylation sites (tertiary alicyclic amines) is 1. The summed E-state index contributed by atoms with van der Waals surface area (Å²) in [6.07, 6.45) is 1.37. The van der Waals surface area contributed by atoms with Crippen molar-refractivity contribution in [2.75, 3.05) is 6.54 Å². The van der Waals surface area contributed by atoms with E-state index in [1.54, 1.807) is 16.2 Å². The van der Waals surface area contributed by atoms with Gasteiger partial charge in [0.15, 0.2) is 11.4 Å². The van der Waals surface area contributed by atoms with Crippen molar-refractivity contribution in [3.8, 4) is 11.4 Å². The number of halogens is 1. The average molecular weight is 371 g/mol. The van der Waals surface area contributed by atoms with Gasteiger partial charge in [0.2, 0.25) is 0 Å². The number of aromatic nitrogens is 2. The Morgan fingerprint density at radius 1 is 1.31 bits per heavy atom. The number of benzene rings is 1. The third-order valence-electron chi connectivity index (χ3n) is 4.69. The van der Waals surface area contributed by atoms with Gasteiger partial charge in [-0.1, -0.05) is 19.9 Å². The molecule has 1 aliphatic rings. The summed E-state index contributed by atoms with van der Waals surface area (Å²) in [5, 5.41) is 16.5. The monoisotopic (exact) mass is 371 g/mol. The predicted octanol–water partition coefficient (Wildman–Crippen LogP) is 4.00. The topological polar surface area (TPSA) is 58.4 Å². The molecule has 0 radical (unpaired) electrons. The Labute approximate surface area is 154 Å². The van der Waals surface area contributed by atoms with Gasteiger partial charge in [0, 0.05) is 16.8 Å². The maximum atomic E-state index is 13.1. The van der Waals surface area contributed by atoms with E-state index < -0.39 is 0 Å². The van der Waals surface area contributed by atoms with Crippen LogP contribution in [0.15, 0.2) is 48.0 Å². The number of hydrogen-bond donors (Lipinski definition) is 1. The van der Waals surface area contributed by atoms with Crippen LogP contribution in [0.4, 0.5) is 4.39 Å². The number of aromatic hydroxyl groups is 1. The molecule has 1 atom stereocenters. The van der Waals surface area contributed by atoms with E-state index in [1.807, 2.05) is 17.5 Å². The molecule has 1 saturated heterocycles. The zero-order chi connectivity index (χ0) is 18.5. The van der Waals surface area contributed by atoms with E-state index in [4.69, 9.17) is 0 Å². The van der Waals surface area contributed by atoms with Gasteiger partial charge >= 0.3 is 0 Å². The van der Waals surface area contributed by atoms with Crippen molar-refractivity contribution in [1.82, 2.24) is 14.7 Å². The Hall–Kier alpha value is -2.67. The van der Waals surface area contributed by atoms with Crippen molar-refractivity contribution in [1.29, 1.82) is 0 Å². The molecule has 5 nitrogen and oxygen atoms in total. The van der Waals surface area contributed by atoms with Crippen LogP contribution in [0.2, 0.25) is 0 Å². The summed E-state index contributed by atoms with van der Waals surface area (Å²) in [4.78, 5) is 15.8. The Balaban J connectivity index is 1.64. The lowest BCUT2D eigenvalue weighted by atomic mass is 9.74. The Kier molecular flexibility index (Phi) is 3.84. The number of rotatable bonds is 3. The lowest BCUT2D eigenvalue weighted by Crippen LogP contribution is -2.57. The zero-order valence-corrected chi connectivity index (χ0v) is 15.2. The molecule has 26 heavy (non-hydrogen) atoms. The second-order valence-corrected chi connectivity index (χ2v) is 8.10. The number of carbonyl (C=O) groups is 1. The van der Waals surface area contributed by atoms with Crippen molar-refractivity contribution in [2.24, 2.45) is 5.41 Å². The van der Waals surface area contributed by atoms with Crippen molar-refractivity contribution in [2.45, 2.75) is 19.9 Å². The van der Waals surface area contributed by atoms with Crippen LogP contribution in [0.5, 0.6) is 5.75 Å². The SMILES string of the molecule is CC1(C)CN(C(=O)c2nn(-c3ccc(F)cc3)cc2O)C1c1cccs1. The van der Waals surface area contributed by atoms with E-state index in [2.05, 4.69) is 18.9 Å². The highest BCUT2D eigenvalue weighted by Gasteiger charge is 2.50. The van der Waals surface area contributed by atoms with Gasteiger partial charge in [0.25, 0.3) is 5.91 Å². The molecule has 1 N–H and O–H groups in total. The van der Waals surface area contributed by atoms with Crippen LogP contribution in [0, 0.1) is 11.2 Å². The van der Waals surface area contributed by atoms with Gasteiger partial charge in [-0.25, -0.2) is 9.07 Å². The predicted molar refractivity (Wildman–Crippen MR) is 97.1 cm³/mol. The summed E-state index contributed by atoms with van der Waals surface area (Å²) in [6.45, 7) is 4.84. The molecule has 7 heteroatoms. The van der Waals surface area contributed by atoms with Gasteiger partial charge in [-0.2, -0.15) is 5.10 Å². The van der Waals surface area contributed by atoms with Gasteiger partial charge < -0.3 is 10.0 Å². The van der Waals surface area contributed by atoms with Crippen molar-refractivity contribution < 1.29 is 14.3 Å². The van der Waals surface area contributed by atoms with Gasteiger partial charge in [-0.15, -0.1) is 11.3 Å². The molecule has 3 heterocycles. The lowest BCUT2D eigenvalue weighted by molar-refractivity contribution is -0.0311. The zero-order valence-electron chi connectivity index (χ0n) is 14.4. The van der Waals surface area contributed by atoms with E-state index in [0.717, 1.165) is 4.88 Å². The van der Waals surface area contributed by atoms with E-state index in [-0.39, 0.29) is 34.6 Å². The number of hydrogen-bond acceptors (Lipinski definition) is 4. The van der Waals surface area contributed by atoms with Crippen LogP contribution in [-0.2, 0) is 0 Å². The lowest BCUT2D eigenvalue weighted by Gasteiger charge is -2.53. The minimum Gasteiger partial charge on any atom is -0.504 e. The van der Waals surface area contributed by atoms with Gasteiger partial charge in [0.05, 0.1) is 17.9 Å². The van der Waals surface area contributed by atoms with Gasteiger partial charge in [-0.05, 0) is 35.7 Å². The van der Waals surface area contributed by atoms with Crippen molar-refractivity contribution in [3.63, 3.8) is 0 Å². The normalized spacial score (nSPS) is 18.6. The molecule has 4 rings (SSSR count). The fraction of sp³-hybridized carbons (Fsp3) is 0.263. The number of carbonyl (C=O) groups excluding carboxylic acids is 1. The van der Waals surface area contributed by atoms with E-state index >= 15 is 0 Å². The molecular formula is C19H18FN3O2S. The summed E-state index contributed by atoms with van der Waals surface area (Å²) in [5.74, 6) is -0.849. The first-order chi connectivity index (χ1) is 12.4. The molecule has 1 fully saturated rings. The van der Waals surface area contributed by atoms with Crippen LogP contribution in [0.3, 0.4) is 0 Å². The molecule has 1 unspecified atom stereocenters. The van der Waals surface area contributed by atoms with Crippen LogP contribution < -0.4 is 0 Å². The Morgan fingerprint density at radius 3 is 2.65 bits per heavy atom. The van der Waals surface area contributed by atoms with E-state index in [9.17, 15) is 14.3 Å². The fourth-order valence-electron chi connectivity index (χ4n) is 3.48. The quantitative estimate of drug-likeness (QED) is 0.757. The standard InChI is InChI=1S/C19H18FN3O2S/c1-19(2)11-22(17(19)15-4-3-9-26-15)18(25)16-14(24)10-23(21-16)13-7-5-12(20)6-8-13/h3-10,17,24H,11H2,1-2H3. The number of amides is 1. The Morgan fingerprint density at radius 2 is 2.04 bits per heavy atom. The van der Waals surface area contributed by atoms with Crippen molar-refractivity contribution >= 4 is 17.2 Å². The smallest absolute Gasteiger partial charge is 0.278 e. The summed E-state index contributed by atoms with van der Waals surface area (Å²) in [7, 11) is 0. The number of nitrogens with zero attached hydrogens (tertiary/aromatic N) is 3. The van der Waals surface area contributed by atoms with Crippen LogP contribution in [0.1, 0.15) is 35.3 Å². The third-order valence-corrected chi connectivity index (χ3v) is 5.62. The van der Waals surface area contributed by atoms with Crippen LogP contribution in [0.25, 0.3) is 5.69 Å². The van der Waals surface area contributed by atoms with Gasteiger partial charge in [-0.3, -0.25) is 4.79 Å². The maximum absolute atomic E-state index is 13.1. The molecule has 0 saturated carbocycles. The van der Waals surface area contributed by atoms with Crippen molar-refractivity contribution in [3.05, 3.63) is 64.4 Å². The second-order valence-electron chi connectivity index (χ2n) is 7.12. The van der Waals surface area contributed by atoms with Crippen LogP contribution >= 0.6 is 11.3 Å². The highest BCUT2D eigenvalue weighted by atomic mass is 32.1. The minimum absolute atomic E-state index is 0.00591. The third kappa shape index (κ3) is 2.68. The highest BCUT2D eigenvalue weighted by molar-refractivity contribution is 7.10. The molecule has 1 amide bonds. The summed E-state index contributed by atoms with van der Waals surface area (Å²) >= 11 is 1.62. The average Bonchev–Trinajstić information content (AvgIpc) is 3.23. The van der Waals surface area contributed by atoms with E-state index in [1.165, 1.54) is 35.1 Å². The second kappa shape index (κ2) is 5.95. The molecule has 0 spiro atoms. The Bertz CT molecular complexity index is 948. The summed E-state index contributed by atoms with van der Waals surface area (Å²) in [6, 6.07) is 9.64. The molecule has 1 aromatic carbocycles.